The van der Waals surface area contributed by atoms with E-state index in [0.717, 1.165) is 18.9 Å². The molecular weight excluding hydrogens is 242 g/mol. The standard InChI is InChI=1S/C14H25N3S/c1-4-6-12-13(9-15-2)18-14(16-12)17(3)10-11-7-5-8-11/h11,15H,4-10H2,1-3H3. The summed E-state index contributed by atoms with van der Waals surface area (Å²) in [7, 11) is 4.20. The third-order valence-corrected chi connectivity index (χ3v) is 4.89. The van der Waals surface area contributed by atoms with E-state index in [9.17, 15) is 0 Å². The Hall–Kier alpha value is -0.610. The molecule has 0 saturated heterocycles. The van der Waals surface area contributed by atoms with Crippen LogP contribution in [0.2, 0.25) is 0 Å². The monoisotopic (exact) mass is 267 g/mol. The Morgan fingerprint density at radius 2 is 2.22 bits per heavy atom. The Kier molecular flexibility index (Phi) is 5.01. The average Bonchev–Trinajstić information content (AvgIpc) is 2.68. The van der Waals surface area contributed by atoms with Crippen molar-refractivity contribution in [2.75, 3.05) is 25.5 Å². The SMILES string of the molecule is CCCc1nc(N(C)CC2CCC2)sc1CNC. The molecule has 0 amide bonds. The van der Waals surface area contributed by atoms with E-state index in [1.165, 1.54) is 47.9 Å². The number of hydrogen-bond acceptors (Lipinski definition) is 4. The third kappa shape index (κ3) is 3.23. The van der Waals surface area contributed by atoms with E-state index in [1.807, 2.05) is 18.4 Å². The first kappa shape index (κ1) is 13.8. The van der Waals surface area contributed by atoms with Crippen LogP contribution < -0.4 is 10.2 Å². The second-order valence-electron chi connectivity index (χ2n) is 5.32. The second kappa shape index (κ2) is 6.53. The smallest absolute Gasteiger partial charge is 0.185 e. The molecule has 2 rings (SSSR count). The summed E-state index contributed by atoms with van der Waals surface area (Å²) >= 11 is 1.86. The molecule has 1 N–H and O–H groups in total. The van der Waals surface area contributed by atoms with Crippen molar-refractivity contribution in [1.29, 1.82) is 0 Å². The minimum Gasteiger partial charge on any atom is -0.351 e. The van der Waals surface area contributed by atoms with Gasteiger partial charge in [0.15, 0.2) is 5.13 Å². The second-order valence-corrected chi connectivity index (χ2v) is 6.39. The maximum Gasteiger partial charge on any atom is 0.185 e. The molecule has 1 heterocycles. The summed E-state index contributed by atoms with van der Waals surface area (Å²) in [4.78, 5) is 8.60. The fourth-order valence-corrected chi connectivity index (χ4v) is 3.49. The Balaban J connectivity index is 2.03. The summed E-state index contributed by atoms with van der Waals surface area (Å²) in [6.07, 6.45) is 6.50. The third-order valence-electron chi connectivity index (χ3n) is 3.67. The number of nitrogens with zero attached hydrogens (tertiary/aromatic N) is 2. The number of aryl methyl sites for hydroxylation is 1. The Morgan fingerprint density at radius 3 is 2.78 bits per heavy atom. The molecule has 0 aliphatic heterocycles. The average molecular weight is 267 g/mol. The fraction of sp³-hybridized carbons (Fsp3) is 0.786. The van der Waals surface area contributed by atoms with Crippen molar-refractivity contribution in [2.24, 2.45) is 5.92 Å². The lowest BCUT2D eigenvalue weighted by Gasteiger charge is -2.29. The predicted octanol–water partition coefficient (Wildman–Crippen LogP) is 3.05. The summed E-state index contributed by atoms with van der Waals surface area (Å²) in [5.74, 6) is 0.904. The lowest BCUT2D eigenvalue weighted by atomic mass is 9.85. The summed E-state index contributed by atoms with van der Waals surface area (Å²) in [6.45, 7) is 4.35. The van der Waals surface area contributed by atoms with Gasteiger partial charge in [0.1, 0.15) is 0 Å². The highest BCUT2D eigenvalue weighted by Crippen LogP contribution is 2.31. The molecule has 0 atom stereocenters. The van der Waals surface area contributed by atoms with Crippen molar-refractivity contribution in [3.63, 3.8) is 0 Å². The fourth-order valence-electron chi connectivity index (χ4n) is 2.40. The molecular formula is C14H25N3S. The molecule has 1 aromatic rings. The van der Waals surface area contributed by atoms with Gasteiger partial charge in [-0.2, -0.15) is 0 Å². The summed E-state index contributed by atoms with van der Waals surface area (Å²) < 4.78 is 0. The number of rotatable bonds is 7. The van der Waals surface area contributed by atoms with Gasteiger partial charge in [0.2, 0.25) is 0 Å². The molecule has 1 fully saturated rings. The zero-order valence-corrected chi connectivity index (χ0v) is 12.6. The highest BCUT2D eigenvalue weighted by molar-refractivity contribution is 7.15. The molecule has 4 heteroatoms. The maximum atomic E-state index is 4.83. The van der Waals surface area contributed by atoms with Crippen LogP contribution in [-0.2, 0) is 13.0 Å². The first-order valence-corrected chi connectivity index (χ1v) is 7.90. The highest BCUT2D eigenvalue weighted by Gasteiger charge is 2.21. The van der Waals surface area contributed by atoms with Gasteiger partial charge in [-0.05, 0) is 32.2 Å². The minimum atomic E-state index is 0.904. The van der Waals surface area contributed by atoms with Crippen LogP contribution in [0.15, 0.2) is 0 Å². The van der Waals surface area contributed by atoms with Gasteiger partial charge < -0.3 is 10.2 Å². The van der Waals surface area contributed by atoms with Crippen LogP contribution in [0.25, 0.3) is 0 Å². The molecule has 3 nitrogen and oxygen atoms in total. The Labute approximate surface area is 115 Å². The van der Waals surface area contributed by atoms with E-state index in [0.29, 0.717) is 0 Å². The quantitative estimate of drug-likeness (QED) is 0.823. The van der Waals surface area contributed by atoms with Crippen LogP contribution in [0, 0.1) is 5.92 Å². The van der Waals surface area contributed by atoms with Crippen LogP contribution in [0.1, 0.15) is 43.2 Å². The molecule has 0 radical (unpaired) electrons. The predicted molar refractivity (Wildman–Crippen MR) is 79.5 cm³/mol. The van der Waals surface area contributed by atoms with E-state index < -0.39 is 0 Å². The lowest BCUT2D eigenvalue weighted by molar-refractivity contribution is 0.321. The number of anilines is 1. The first-order valence-electron chi connectivity index (χ1n) is 7.09. The normalized spacial score (nSPS) is 15.7. The van der Waals surface area contributed by atoms with E-state index in [4.69, 9.17) is 4.98 Å². The van der Waals surface area contributed by atoms with Crippen LogP contribution in [0.4, 0.5) is 5.13 Å². The van der Waals surface area contributed by atoms with Crippen molar-refractivity contribution in [1.82, 2.24) is 10.3 Å². The molecule has 1 aliphatic carbocycles. The van der Waals surface area contributed by atoms with Crippen LogP contribution in [-0.4, -0.2) is 25.6 Å². The molecule has 1 aliphatic rings. The lowest BCUT2D eigenvalue weighted by Crippen LogP contribution is -2.29. The van der Waals surface area contributed by atoms with Gasteiger partial charge in [-0.1, -0.05) is 19.8 Å². The van der Waals surface area contributed by atoms with E-state index in [2.05, 4.69) is 24.2 Å². The van der Waals surface area contributed by atoms with Gasteiger partial charge >= 0.3 is 0 Å². The van der Waals surface area contributed by atoms with E-state index in [1.54, 1.807) is 0 Å². The largest absolute Gasteiger partial charge is 0.351 e. The van der Waals surface area contributed by atoms with Crippen LogP contribution in [0.3, 0.4) is 0 Å². The van der Waals surface area contributed by atoms with Crippen molar-refractivity contribution in [3.8, 4) is 0 Å². The van der Waals surface area contributed by atoms with Crippen molar-refractivity contribution in [2.45, 2.75) is 45.6 Å². The highest BCUT2D eigenvalue weighted by atomic mass is 32.1. The topological polar surface area (TPSA) is 28.2 Å². The Morgan fingerprint density at radius 1 is 1.44 bits per heavy atom. The van der Waals surface area contributed by atoms with E-state index >= 15 is 0 Å². The Bertz CT molecular complexity index is 348. The van der Waals surface area contributed by atoms with Gasteiger partial charge in [-0.3, -0.25) is 0 Å². The summed E-state index contributed by atoms with van der Waals surface area (Å²) in [5, 5.41) is 4.45. The van der Waals surface area contributed by atoms with Crippen LogP contribution in [0.5, 0.6) is 0 Å². The zero-order chi connectivity index (χ0) is 13.0. The first-order chi connectivity index (χ1) is 8.74. The number of aromatic nitrogens is 1. The molecule has 102 valence electrons. The van der Waals surface area contributed by atoms with Crippen molar-refractivity contribution < 1.29 is 0 Å². The molecule has 18 heavy (non-hydrogen) atoms. The van der Waals surface area contributed by atoms with Gasteiger partial charge in [0.25, 0.3) is 0 Å². The molecule has 0 aromatic carbocycles. The van der Waals surface area contributed by atoms with Crippen molar-refractivity contribution >= 4 is 16.5 Å². The van der Waals surface area contributed by atoms with Gasteiger partial charge in [-0.25, -0.2) is 4.98 Å². The molecule has 1 aromatic heterocycles. The summed E-state index contributed by atoms with van der Waals surface area (Å²) in [5.41, 5.74) is 1.30. The van der Waals surface area contributed by atoms with E-state index in [-0.39, 0.29) is 0 Å². The molecule has 0 unspecified atom stereocenters. The molecule has 1 saturated carbocycles. The maximum absolute atomic E-state index is 4.83. The van der Waals surface area contributed by atoms with Gasteiger partial charge in [-0.15, -0.1) is 11.3 Å². The number of nitrogens with one attached hydrogen (secondary N) is 1. The number of hydrogen-bond donors (Lipinski definition) is 1. The molecule has 0 spiro atoms. The summed E-state index contributed by atoms with van der Waals surface area (Å²) in [6, 6.07) is 0. The minimum absolute atomic E-state index is 0.904. The van der Waals surface area contributed by atoms with Crippen molar-refractivity contribution in [3.05, 3.63) is 10.6 Å². The van der Waals surface area contributed by atoms with Gasteiger partial charge in [0, 0.05) is 25.0 Å². The van der Waals surface area contributed by atoms with Gasteiger partial charge in [0.05, 0.1) is 5.69 Å². The number of thiazole rings is 1. The molecule has 0 bridgehead atoms. The zero-order valence-electron chi connectivity index (χ0n) is 11.8. The van der Waals surface area contributed by atoms with Crippen LogP contribution >= 0.6 is 11.3 Å².